The lowest BCUT2D eigenvalue weighted by atomic mass is 10.2. The molecule has 9 heteroatoms. The smallest absolute Gasteiger partial charge is 0.191 e. The Labute approximate surface area is 181 Å². The third-order valence-electron chi connectivity index (χ3n) is 3.81. The van der Waals surface area contributed by atoms with Crippen molar-refractivity contribution in [2.24, 2.45) is 4.99 Å². The maximum atomic E-state index is 5.56. The molecule has 0 aromatic carbocycles. The second kappa shape index (κ2) is 12.1. The van der Waals surface area contributed by atoms with Gasteiger partial charge >= 0.3 is 0 Å². The highest BCUT2D eigenvalue weighted by Gasteiger charge is 2.02. The Balaban J connectivity index is 0.00000280. The number of pyridine rings is 1. The molecule has 0 aliphatic heterocycles. The van der Waals surface area contributed by atoms with Gasteiger partial charge in [-0.2, -0.15) is 5.10 Å². The van der Waals surface area contributed by atoms with Gasteiger partial charge in [-0.3, -0.25) is 4.99 Å². The molecule has 0 unspecified atom stereocenters. The Bertz CT molecular complexity index is 821. The van der Waals surface area contributed by atoms with Crippen molar-refractivity contribution in [1.29, 1.82) is 0 Å². The van der Waals surface area contributed by atoms with Gasteiger partial charge in [-0.05, 0) is 42.3 Å². The molecule has 8 nitrogen and oxygen atoms in total. The molecule has 0 aliphatic rings. The van der Waals surface area contributed by atoms with Crippen molar-refractivity contribution in [1.82, 2.24) is 25.4 Å². The summed E-state index contributed by atoms with van der Waals surface area (Å²) in [5.41, 5.74) is 1.10. The Morgan fingerprint density at radius 2 is 2.18 bits per heavy atom. The quantitative estimate of drug-likeness (QED) is 0.205. The minimum Gasteiger partial charge on any atom is -0.467 e. The minimum absolute atomic E-state index is 0. The zero-order valence-electron chi connectivity index (χ0n) is 15.7. The molecule has 0 saturated heterocycles. The van der Waals surface area contributed by atoms with Crippen LogP contribution >= 0.6 is 24.0 Å². The van der Waals surface area contributed by atoms with Crippen molar-refractivity contribution >= 4 is 29.9 Å². The number of aromatic nitrogens is 3. The average molecular weight is 496 g/mol. The van der Waals surface area contributed by atoms with E-state index in [-0.39, 0.29) is 24.0 Å². The largest absolute Gasteiger partial charge is 0.467 e. The summed E-state index contributed by atoms with van der Waals surface area (Å²) >= 11 is 0. The number of nitrogens with zero attached hydrogens (tertiary/aromatic N) is 4. The van der Waals surface area contributed by atoms with Gasteiger partial charge in [-0.15, -0.1) is 24.0 Å². The molecule has 0 spiro atoms. The number of furan rings is 1. The molecular weight excluding hydrogens is 471 g/mol. The summed E-state index contributed by atoms with van der Waals surface area (Å²) in [5.74, 6) is 2.38. The van der Waals surface area contributed by atoms with Crippen LogP contribution in [0.3, 0.4) is 0 Å². The van der Waals surface area contributed by atoms with E-state index in [0.29, 0.717) is 19.8 Å². The van der Waals surface area contributed by atoms with E-state index in [4.69, 9.17) is 9.15 Å². The molecular formula is C19H25IN6O2. The van der Waals surface area contributed by atoms with Crippen LogP contribution < -0.4 is 10.6 Å². The maximum Gasteiger partial charge on any atom is 0.191 e. The molecule has 0 bridgehead atoms. The molecule has 0 aliphatic carbocycles. The van der Waals surface area contributed by atoms with Crippen LogP contribution in [0.2, 0.25) is 0 Å². The summed E-state index contributed by atoms with van der Waals surface area (Å²) in [6.45, 7) is 2.57. The summed E-state index contributed by atoms with van der Waals surface area (Å²) in [4.78, 5) is 8.57. The average Bonchev–Trinajstić information content (AvgIpc) is 3.41. The fraction of sp³-hybridized carbons (Fsp3) is 0.316. The van der Waals surface area contributed by atoms with E-state index in [1.165, 1.54) is 0 Å². The van der Waals surface area contributed by atoms with Gasteiger partial charge in [-0.1, -0.05) is 0 Å². The van der Waals surface area contributed by atoms with Crippen LogP contribution in [0.5, 0.6) is 0 Å². The van der Waals surface area contributed by atoms with Crippen molar-refractivity contribution in [2.45, 2.75) is 19.6 Å². The van der Waals surface area contributed by atoms with Gasteiger partial charge in [0.1, 0.15) is 12.4 Å². The lowest BCUT2D eigenvalue weighted by molar-refractivity contribution is 0.105. The van der Waals surface area contributed by atoms with Crippen LogP contribution in [-0.4, -0.2) is 40.9 Å². The molecule has 0 radical (unpaired) electrons. The van der Waals surface area contributed by atoms with Crippen molar-refractivity contribution in [2.75, 3.05) is 20.2 Å². The van der Waals surface area contributed by atoms with Crippen LogP contribution in [-0.2, 0) is 17.9 Å². The molecule has 2 N–H and O–H groups in total. The topological polar surface area (TPSA) is 89.5 Å². The Kier molecular flexibility index (Phi) is 9.49. The third kappa shape index (κ3) is 6.97. The molecule has 150 valence electrons. The van der Waals surface area contributed by atoms with E-state index in [1.807, 2.05) is 36.5 Å². The molecule has 0 amide bonds. The van der Waals surface area contributed by atoms with E-state index < -0.39 is 0 Å². The summed E-state index contributed by atoms with van der Waals surface area (Å²) in [7, 11) is 1.75. The predicted octanol–water partition coefficient (Wildman–Crippen LogP) is 2.75. The van der Waals surface area contributed by atoms with Gasteiger partial charge in [0.15, 0.2) is 11.8 Å². The van der Waals surface area contributed by atoms with Gasteiger partial charge < -0.3 is 19.8 Å². The van der Waals surface area contributed by atoms with Crippen molar-refractivity contribution in [3.63, 3.8) is 0 Å². The standard InChI is InChI=1S/C19H24N6O2.HI/c1-20-19(22-7-4-11-26-15-17-5-2-12-27-17)23-14-16-6-9-21-18(13-16)25-10-3-8-24-25;/h2-3,5-6,8-10,12-13H,4,7,11,14-15H2,1H3,(H2,20,22,23);1H. The molecule has 0 fully saturated rings. The SMILES string of the molecule is CN=C(NCCCOCc1ccco1)NCc1ccnc(-n2cccn2)c1.I. The lowest BCUT2D eigenvalue weighted by Crippen LogP contribution is -2.37. The first-order valence-electron chi connectivity index (χ1n) is 8.85. The first-order chi connectivity index (χ1) is 13.3. The lowest BCUT2D eigenvalue weighted by Gasteiger charge is -2.12. The molecule has 3 aromatic heterocycles. The second-order valence-corrected chi connectivity index (χ2v) is 5.81. The number of nitrogens with one attached hydrogen (secondary N) is 2. The van der Waals surface area contributed by atoms with Crippen LogP contribution in [0.4, 0.5) is 0 Å². The second-order valence-electron chi connectivity index (χ2n) is 5.81. The number of halogens is 1. The number of ether oxygens (including phenoxy) is 1. The van der Waals surface area contributed by atoms with Gasteiger partial charge in [0, 0.05) is 45.3 Å². The van der Waals surface area contributed by atoms with Gasteiger partial charge in [-0.25, -0.2) is 9.67 Å². The molecule has 0 saturated carbocycles. The van der Waals surface area contributed by atoms with Gasteiger partial charge in [0.25, 0.3) is 0 Å². The van der Waals surface area contributed by atoms with Crippen molar-refractivity contribution in [3.8, 4) is 5.82 Å². The highest BCUT2D eigenvalue weighted by Crippen LogP contribution is 2.06. The van der Waals surface area contributed by atoms with E-state index in [1.54, 1.807) is 30.4 Å². The molecule has 3 rings (SSSR count). The zero-order valence-corrected chi connectivity index (χ0v) is 18.1. The minimum atomic E-state index is 0. The van der Waals surface area contributed by atoms with Crippen LogP contribution in [0.25, 0.3) is 5.82 Å². The predicted molar refractivity (Wildman–Crippen MR) is 118 cm³/mol. The summed E-state index contributed by atoms with van der Waals surface area (Å²) in [6.07, 6.45) is 7.90. The number of hydrogen-bond acceptors (Lipinski definition) is 5. The Hall–Kier alpha value is -2.40. The third-order valence-corrected chi connectivity index (χ3v) is 3.81. The number of rotatable bonds is 9. The van der Waals surface area contributed by atoms with Gasteiger partial charge in [0.2, 0.25) is 0 Å². The highest BCUT2D eigenvalue weighted by molar-refractivity contribution is 14.0. The number of hydrogen-bond donors (Lipinski definition) is 2. The van der Waals surface area contributed by atoms with E-state index in [9.17, 15) is 0 Å². The number of aliphatic imine (C=N–C) groups is 1. The first-order valence-corrected chi connectivity index (χ1v) is 8.85. The maximum absolute atomic E-state index is 5.56. The van der Waals surface area contributed by atoms with Crippen LogP contribution in [0, 0.1) is 0 Å². The van der Waals surface area contributed by atoms with E-state index in [0.717, 1.165) is 36.1 Å². The van der Waals surface area contributed by atoms with Crippen LogP contribution in [0.15, 0.2) is 64.6 Å². The number of guanidine groups is 1. The highest BCUT2D eigenvalue weighted by atomic mass is 127. The monoisotopic (exact) mass is 496 g/mol. The molecule has 28 heavy (non-hydrogen) atoms. The zero-order chi connectivity index (χ0) is 18.7. The summed E-state index contributed by atoms with van der Waals surface area (Å²) in [5, 5.41) is 10.8. The Morgan fingerprint density at radius 3 is 2.93 bits per heavy atom. The normalized spacial score (nSPS) is 11.1. The van der Waals surface area contributed by atoms with E-state index >= 15 is 0 Å². The van der Waals surface area contributed by atoms with Crippen molar-refractivity contribution < 1.29 is 9.15 Å². The van der Waals surface area contributed by atoms with Crippen molar-refractivity contribution in [3.05, 3.63) is 66.5 Å². The molecule has 3 aromatic rings. The molecule has 0 atom stereocenters. The summed E-state index contributed by atoms with van der Waals surface area (Å²) < 4.78 is 12.5. The first kappa shape index (κ1) is 21.9. The fourth-order valence-electron chi connectivity index (χ4n) is 2.46. The Morgan fingerprint density at radius 1 is 1.25 bits per heavy atom. The van der Waals surface area contributed by atoms with Crippen LogP contribution in [0.1, 0.15) is 17.7 Å². The summed E-state index contributed by atoms with van der Waals surface area (Å²) in [6, 6.07) is 9.60. The fourth-order valence-corrected chi connectivity index (χ4v) is 2.46. The molecule has 3 heterocycles. The van der Waals surface area contributed by atoms with E-state index in [2.05, 4.69) is 25.7 Å². The van der Waals surface area contributed by atoms with Gasteiger partial charge in [0.05, 0.1) is 6.26 Å².